The van der Waals surface area contributed by atoms with Crippen LogP contribution in [0.2, 0.25) is 0 Å². The summed E-state index contributed by atoms with van der Waals surface area (Å²) in [5.41, 5.74) is 0.967. The van der Waals surface area contributed by atoms with Crippen LogP contribution in [0.4, 0.5) is 5.82 Å². The predicted octanol–water partition coefficient (Wildman–Crippen LogP) is 5.41. The first-order chi connectivity index (χ1) is 22.8. The molecule has 248 valence electrons. The van der Waals surface area contributed by atoms with Crippen molar-refractivity contribution < 1.29 is 28.1 Å². The average molecular weight is 662 g/mol. The van der Waals surface area contributed by atoms with Crippen LogP contribution in [-0.4, -0.2) is 64.4 Å². The fraction of sp³-hybridized carbons (Fsp3) is 0.471. The van der Waals surface area contributed by atoms with Gasteiger partial charge in [-0.1, -0.05) is 55.5 Å². The van der Waals surface area contributed by atoms with Crippen molar-refractivity contribution in [2.45, 2.75) is 82.6 Å². The van der Waals surface area contributed by atoms with Crippen LogP contribution in [0, 0.1) is 18.3 Å². The topological polar surface area (TPSA) is 137 Å². The van der Waals surface area contributed by atoms with Crippen LogP contribution in [0.1, 0.15) is 67.2 Å². The van der Waals surface area contributed by atoms with Crippen LogP contribution in [0.15, 0.2) is 71.7 Å². The third kappa shape index (κ3) is 6.89. The number of benzene rings is 2. The zero-order chi connectivity index (χ0) is 33.0. The molecule has 0 bridgehead atoms. The van der Waals surface area contributed by atoms with E-state index >= 15 is 0 Å². The highest BCUT2D eigenvalue weighted by molar-refractivity contribution is 7.45. The predicted molar refractivity (Wildman–Crippen MR) is 174 cm³/mol. The molecule has 4 heterocycles. The van der Waals surface area contributed by atoms with E-state index in [9.17, 15) is 9.59 Å². The molecule has 13 heteroatoms. The number of amides is 1. The number of fused-ring (bicyclic) bond motifs is 1. The van der Waals surface area contributed by atoms with E-state index < -0.39 is 44.4 Å². The molecule has 0 saturated carbocycles. The summed E-state index contributed by atoms with van der Waals surface area (Å²) in [6.07, 6.45) is 1.78. The van der Waals surface area contributed by atoms with E-state index in [4.69, 9.17) is 28.5 Å². The van der Waals surface area contributed by atoms with Crippen LogP contribution in [-0.2, 0) is 28.9 Å². The van der Waals surface area contributed by atoms with Gasteiger partial charge in [-0.3, -0.25) is 9.36 Å². The standard InChI is InChI=1S/C34H40N5O7P/c1-4-26-28(45-47-39-19-11-17-27(39)34(3,46-47)25-15-9-6-10-16-25)29(43-22-42-20-12-18-35)32(44-26)38-21-23(2)30(37-33(38)41)36-31(40)24-13-7-5-8-14-24/h5-10,13-16,21,26-29,32H,4,11-12,17,19-20,22H2,1-3H3,(H,36,37,40,41)/t26-,27-,28+,29?,32-,34+,47-/m1/s1. The molecule has 2 aromatic carbocycles. The van der Waals surface area contributed by atoms with E-state index in [1.54, 1.807) is 37.4 Å². The number of carbonyl (C=O) groups is 1. The Morgan fingerprint density at radius 1 is 1.17 bits per heavy atom. The van der Waals surface area contributed by atoms with Gasteiger partial charge in [0.2, 0.25) is 0 Å². The van der Waals surface area contributed by atoms with Gasteiger partial charge in [-0.15, -0.1) is 0 Å². The van der Waals surface area contributed by atoms with Crippen molar-refractivity contribution in [1.82, 2.24) is 14.2 Å². The van der Waals surface area contributed by atoms with Gasteiger partial charge < -0.3 is 28.6 Å². The number of hydrogen-bond donors (Lipinski definition) is 1. The Hall–Kier alpha value is -3.53. The van der Waals surface area contributed by atoms with E-state index in [1.165, 1.54) is 4.57 Å². The van der Waals surface area contributed by atoms with Crippen LogP contribution in [0.5, 0.6) is 0 Å². The van der Waals surface area contributed by atoms with E-state index in [2.05, 4.69) is 40.1 Å². The summed E-state index contributed by atoms with van der Waals surface area (Å²) in [6, 6.07) is 21.2. The van der Waals surface area contributed by atoms with E-state index in [1.807, 2.05) is 31.2 Å². The number of aryl methyl sites for hydroxylation is 1. The number of hydrogen-bond acceptors (Lipinski definition) is 10. The summed E-state index contributed by atoms with van der Waals surface area (Å²) in [5, 5.41) is 11.7. The van der Waals surface area contributed by atoms with Crippen molar-refractivity contribution in [3.05, 3.63) is 94.0 Å². The number of ether oxygens (including phenoxy) is 3. The first-order valence-corrected chi connectivity index (χ1v) is 17.1. The summed E-state index contributed by atoms with van der Waals surface area (Å²) in [6.45, 7) is 6.82. The highest BCUT2D eigenvalue weighted by Crippen LogP contribution is 2.64. The second-order valence-electron chi connectivity index (χ2n) is 12.0. The summed E-state index contributed by atoms with van der Waals surface area (Å²) in [5.74, 6) is -0.203. The van der Waals surface area contributed by atoms with E-state index in [0.717, 1.165) is 24.9 Å². The molecule has 0 spiro atoms. The minimum Gasteiger partial charge on any atom is -0.354 e. The zero-order valence-electron chi connectivity index (χ0n) is 26.8. The Kier molecular flexibility index (Phi) is 10.4. The molecule has 3 fully saturated rings. The van der Waals surface area contributed by atoms with Crippen molar-refractivity contribution >= 4 is 20.3 Å². The van der Waals surface area contributed by atoms with E-state index in [-0.39, 0.29) is 37.6 Å². The summed E-state index contributed by atoms with van der Waals surface area (Å²) < 4.78 is 35.7. The van der Waals surface area contributed by atoms with Crippen LogP contribution in [0.3, 0.4) is 0 Å². The van der Waals surface area contributed by atoms with Gasteiger partial charge in [0.15, 0.2) is 6.23 Å². The Labute approximate surface area is 275 Å². The van der Waals surface area contributed by atoms with Crippen LogP contribution in [0.25, 0.3) is 0 Å². The molecular formula is C34H40N5O7P. The lowest BCUT2D eigenvalue weighted by Gasteiger charge is -2.29. The van der Waals surface area contributed by atoms with Gasteiger partial charge in [-0.25, -0.2) is 9.46 Å². The van der Waals surface area contributed by atoms with Crippen molar-refractivity contribution in [1.29, 1.82) is 5.26 Å². The summed E-state index contributed by atoms with van der Waals surface area (Å²) in [4.78, 5) is 30.5. The number of rotatable bonds is 12. The molecule has 12 nitrogen and oxygen atoms in total. The number of carbonyl (C=O) groups excluding carboxylic acids is 1. The molecule has 7 atom stereocenters. The molecule has 1 unspecified atom stereocenters. The van der Waals surface area contributed by atoms with Gasteiger partial charge in [0.1, 0.15) is 30.4 Å². The molecule has 3 saturated heterocycles. The molecule has 6 rings (SSSR count). The number of nitrogens with one attached hydrogen (secondary N) is 1. The highest BCUT2D eigenvalue weighted by atomic mass is 31.2. The van der Waals surface area contributed by atoms with Gasteiger partial charge >= 0.3 is 5.69 Å². The number of anilines is 1. The third-order valence-electron chi connectivity index (χ3n) is 8.96. The molecule has 1 amide bonds. The number of nitrogens with zero attached hydrogens (tertiary/aromatic N) is 4. The first-order valence-electron chi connectivity index (χ1n) is 16.0. The Bertz CT molecular complexity index is 1640. The van der Waals surface area contributed by atoms with Crippen molar-refractivity contribution in [2.75, 3.05) is 25.3 Å². The van der Waals surface area contributed by atoms with Crippen molar-refractivity contribution in [2.24, 2.45) is 0 Å². The second-order valence-corrected chi connectivity index (χ2v) is 13.4. The quantitative estimate of drug-likeness (QED) is 0.153. The second kappa shape index (κ2) is 14.7. The lowest BCUT2D eigenvalue weighted by Crippen LogP contribution is -2.40. The molecular weight excluding hydrogens is 621 g/mol. The maximum atomic E-state index is 13.5. The monoisotopic (exact) mass is 661 g/mol. The minimum atomic E-state index is -1.49. The molecule has 0 radical (unpaired) electrons. The molecule has 47 heavy (non-hydrogen) atoms. The van der Waals surface area contributed by atoms with Gasteiger partial charge in [0.05, 0.1) is 31.2 Å². The first kappa shape index (κ1) is 33.4. The van der Waals surface area contributed by atoms with Crippen LogP contribution < -0.4 is 11.0 Å². The molecule has 3 aliphatic rings. The van der Waals surface area contributed by atoms with Gasteiger partial charge in [-0.05, 0) is 50.8 Å². The molecule has 0 aliphatic carbocycles. The maximum absolute atomic E-state index is 13.5. The molecule has 1 aromatic heterocycles. The van der Waals surface area contributed by atoms with Crippen molar-refractivity contribution in [3.8, 4) is 6.07 Å². The van der Waals surface area contributed by atoms with Gasteiger partial charge in [-0.2, -0.15) is 10.2 Å². The lowest BCUT2D eigenvalue weighted by atomic mass is 9.87. The summed E-state index contributed by atoms with van der Waals surface area (Å²) in [7, 11) is -1.49. The number of nitriles is 1. The Morgan fingerprint density at radius 3 is 2.64 bits per heavy atom. The van der Waals surface area contributed by atoms with E-state index in [0.29, 0.717) is 17.5 Å². The zero-order valence-corrected chi connectivity index (χ0v) is 27.7. The lowest BCUT2D eigenvalue weighted by molar-refractivity contribution is -0.137. The largest absolute Gasteiger partial charge is 0.354 e. The Morgan fingerprint density at radius 2 is 1.91 bits per heavy atom. The normalized spacial score (nSPS) is 28.6. The average Bonchev–Trinajstić information content (AvgIpc) is 3.79. The maximum Gasteiger partial charge on any atom is 0.351 e. The van der Waals surface area contributed by atoms with Gasteiger partial charge in [0, 0.05) is 23.9 Å². The smallest absolute Gasteiger partial charge is 0.351 e. The molecule has 3 aliphatic heterocycles. The third-order valence-corrected chi connectivity index (χ3v) is 10.8. The summed E-state index contributed by atoms with van der Waals surface area (Å²) >= 11 is 0. The highest BCUT2D eigenvalue weighted by Gasteiger charge is 2.57. The van der Waals surface area contributed by atoms with Gasteiger partial charge in [0.25, 0.3) is 14.4 Å². The SMILES string of the molecule is CC[C@H]1O[C@@H](n2cc(C)c(NC(=O)c3ccccc3)nc2=O)C(OCOCCC#N)[C@H]1O[P@]1O[C@@](C)(c2ccccc2)[C@H]2CCCN21. The molecule has 3 aromatic rings. The number of aromatic nitrogens is 2. The Balaban J connectivity index is 1.27. The fourth-order valence-electron chi connectivity index (χ4n) is 6.50. The van der Waals surface area contributed by atoms with Crippen LogP contribution >= 0.6 is 8.53 Å². The molecule has 1 N–H and O–H groups in total. The minimum absolute atomic E-state index is 0.123. The fourth-order valence-corrected chi connectivity index (χ4v) is 8.65. The van der Waals surface area contributed by atoms with Crippen molar-refractivity contribution in [3.63, 3.8) is 0 Å².